The van der Waals surface area contributed by atoms with E-state index in [4.69, 9.17) is 18.9 Å². The first kappa shape index (κ1) is 31.0. The number of rotatable bonds is 12. The van der Waals surface area contributed by atoms with Gasteiger partial charge in [0, 0.05) is 32.7 Å². The van der Waals surface area contributed by atoms with Gasteiger partial charge in [0.25, 0.3) is 5.91 Å². The second kappa shape index (κ2) is 13.9. The van der Waals surface area contributed by atoms with Crippen molar-refractivity contribution in [2.24, 2.45) is 0 Å². The van der Waals surface area contributed by atoms with Gasteiger partial charge in [-0.25, -0.2) is 8.42 Å². The molecule has 2 aliphatic heterocycles. The lowest BCUT2D eigenvalue weighted by Crippen LogP contribution is -2.50. The Kier molecular flexibility index (Phi) is 10.0. The van der Waals surface area contributed by atoms with Gasteiger partial charge in [0.2, 0.25) is 0 Å². The standard InChI is InChI=1S/C33H40N2O7S/c1-23(26-12-15-30-29(18-26)35(16-7-17-39-2)33(36)21-41-30)42-31-20-34-32(43(37,38)22-24-8-5-4-6-9-24)19-28(31)25-10-13-27(40-3)14-11-25/h4-6,8-15,18,23,28,31-32,34H,7,16-17,19-22H2,1-3H3/t23?,28-,31+,32+/m1/s1. The van der Waals surface area contributed by atoms with Gasteiger partial charge in [-0.1, -0.05) is 48.5 Å². The van der Waals surface area contributed by atoms with Gasteiger partial charge in [-0.05, 0) is 60.7 Å². The van der Waals surface area contributed by atoms with Crippen molar-refractivity contribution in [2.45, 2.75) is 49.0 Å². The third-order valence-electron chi connectivity index (χ3n) is 8.16. The summed E-state index contributed by atoms with van der Waals surface area (Å²) in [7, 11) is -0.212. The van der Waals surface area contributed by atoms with Crippen LogP contribution in [0.5, 0.6) is 11.5 Å². The number of hydrogen-bond donors (Lipinski definition) is 1. The number of piperidine rings is 1. The average molecular weight is 609 g/mol. The Hall–Kier alpha value is -3.44. The van der Waals surface area contributed by atoms with Crippen LogP contribution in [0.4, 0.5) is 5.69 Å². The van der Waals surface area contributed by atoms with Crippen LogP contribution in [-0.2, 0) is 29.9 Å². The van der Waals surface area contributed by atoms with Crippen molar-refractivity contribution in [2.75, 3.05) is 45.4 Å². The first-order valence-electron chi connectivity index (χ1n) is 14.6. The maximum absolute atomic E-state index is 13.5. The Morgan fingerprint density at radius 2 is 1.81 bits per heavy atom. The van der Waals surface area contributed by atoms with Crippen molar-refractivity contribution in [3.63, 3.8) is 0 Å². The topological polar surface area (TPSA) is 103 Å². The third kappa shape index (κ3) is 7.38. The fraction of sp³-hybridized carbons (Fsp3) is 0.424. The number of ether oxygens (including phenoxy) is 4. The number of sulfone groups is 1. The van der Waals surface area contributed by atoms with Gasteiger partial charge in [0.05, 0.1) is 30.8 Å². The quantitative estimate of drug-likeness (QED) is 0.297. The van der Waals surface area contributed by atoms with Crippen molar-refractivity contribution in [3.05, 3.63) is 89.5 Å². The Balaban J connectivity index is 1.36. The highest BCUT2D eigenvalue weighted by atomic mass is 32.2. The zero-order chi connectivity index (χ0) is 30.4. The van der Waals surface area contributed by atoms with Gasteiger partial charge < -0.3 is 23.8 Å². The molecule has 230 valence electrons. The summed E-state index contributed by atoms with van der Waals surface area (Å²) in [6.45, 7) is 3.45. The van der Waals surface area contributed by atoms with Gasteiger partial charge >= 0.3 is 0 Å². The van der Waals surface area contributed by atoms with Crippen molar-refractivity contribution < 1.29 is 32.2 Å². The molecule has 3 aromatic carbocycles. The summed E-state index contributed by atoms with van der Waals surface area (Å²) >= 11 is 0. The van der Waals surface area contributed by atoms with Crippen LogP contribution < -0.4 is 19.7 Å². The Morgan fingerprint density at radius 1 is 1.05 bits per heavy atom. The number of hydrogen-bond acceptors (Lipinski definition) is 8. The Morgan fingerprint density at radius 3 is 2.53 bits per heavy atom. The number of benzene rings is 3. The van der Waals surface area contributed by atoms with E-state index < -0.39 is 15.2 Å². The molecule has 1 unspecified atom stereocenters. The number of carbonyl (C=O) groups is 1. The zero-order valence-electron chi connectivity index (χ0n) is 24.9. The van der Waals surface area contributed by atoms with E-state index in [0.29, 0.717) is 38.3 Å². The normalized spacial score (nSPS) is 21.1. The van der Waals surface area contributed by atoms with Crippen molar-refractivity contribution in [3.8, 4) is 11.5 Å². The minimum atomic E-state index is -3.48. The summed E-state index contributed by atoms with van der Waals surface area (Å²) in [6, 6.07) is 22.8. The van der Waals surface area contributed by atoms with Crippen LogP contribution >= 0.6 is 0 Å². The van der Waals surface area contributed by atoms with Crippen molar-refractivity contribution in [1.29, 1.82) is 0 Å². The lowest BCUT2D eigenvalue weighted by molar-refractivity contribution is -0.121. The summed E-state index contributed by atoms with van der Waals surface area (Å²) in [6.07, 6.45) is 0.467. The minimum Gasteiger partial charge on any atom is -0.497 e. The molecule has 43 heavy (non-hydrogen) atoms. The third-order valence-corrected chi connectivity index (χ3v) is 10.1. The van der Waals surface area contributed by atoms with E-state index in [0.717, 1.165) is 28.1 Å². The van der Waals surface area contributed by atoms with Crippen LogP contribution in [0, 0.1) is 0 Å². The molecule has 3 aromatic rings. The summed E-state index contributed by atoms with van der Waals surface area (Å²) in [5.74, 6) is 1.11. The SMILES string of the molecule is COCCCN1C(=O)COc2ccc(C(C)O[C@H]3CN[C@@H](S(=O)(=O)Cc4ccccc4)C[C@@H]3c3ccc(OC)cc3)cc21. The van der Waals surface area contributed by atoms with Gasteiger partial charge in [0.1, 0.15) is 16.9 Å². The van der Waals surface area contributed by atoms with E-state index in [1.807, 2.05) is 79.7 Å². The van der Waals surface area contributed by atoms with Crippen LogP contribution in [0.15, 0.2) is 72.8 Å². The van der Waals surface area contributed by atoms with E-state index in [2.05, 4.69) is 5.32 Å². The van der Waals surface area contributed by atoms with Gasteiger partial charge in [-0.15, -0.1) is 0 Å². The summed E-state index contributed by atoms with van der Waals surface area (Å²) in [4.78, 5) is 14.4. The van der Waals surface area contributed by atoms with E-state index in [1.165, 1.54) is 0 Å². The molecule has 5 rings (SSSR count). The molecular weight excluding hydrogens is 568 g/mol. The number of amides is 1. The molecule has 0 aromatic heterocycles. The molecule has 9 nitrogen and oxygen atoms in total. The fourth-order valence-electron chi connectivity index (χ4n) is 5.81. The largest absolute Gasteiger partial charge is 0.497 e. The van der Waals surface area contributed by atoms with E-state index in [9.17, 15) is 13.2 Å². The molecule has 0 aliphatic carbocycles. The van der Waals surface area contributed by atoms with E-state index in [-0.39, 0.29) is 36.4 Å². The second-order valence-corrected chi connectivity index (χ2v) is 13.2. The molecule has 0 saturated carbocycles. The van der Waals surface area contributed by atoms with Crippen molar-refractivity contribution >= 4 is 21.4 Å². The van der Waals surface area contributed by atoms with E-state index in [1.54, 1.807) is 19.1 Å². The second-order valence-electron chi connectivity index (χ2n) is 11.0. The van der Waals surface area contributed by atoms with Gasteiger partial charge in [0.15, 0.2) is 16.4 Å². The number of nitrogens with zero attached hydrogens (tertiary/aromatic N) is 1. The first-order valence-corrected chi connectivity index (χ1v) is 16.3. The molecule has 2 aliphatic rings. The lowest BCUT2D eigenvalue weighted by Gasteiger charge is -2.38. The maximum Gasteiger partial charge on any atom is 0.265 e. The highest BCUT2D eigenvalue weighted by Crippen LogP contribution is 2.38. The zero-order valence-corrected chi connectivity index (χ0v) is 25.7. The number of nitrogens with one attached hydrogen (secondary N) is 1. The molecule has 2 heterocycles. The number of fused-ring (bicyclic) bond motifs is 1. The van der Waals surface area contributed by atoms with Crippen LogP contribution in [0.25, 0.3) is 0 Å². The number of anilines is 1. The minimum absolute atomic E-state index is 0.0109. The monoisotopic (exact) mass is 608 g/mol. The highest BCUT2D eigenvalue weighted by Gasteiger charge is 2.39. The predicted octanol–water partition coefficient (Wildman–Crippen LogP) is 4.62. The van der Waals surface area contributed by atoms with Crippen molar-refractivity contribution in [1.82, 2.24) is 5.32 Å². The average Bonchev–Trinajstić information content (AvgIpc) is 3.02. The molecular formula is C33H40N2O7S. The summed E-state index contributed by atoms with van der Waals surface area (Å²) in [5, 5.41) is 2.57. The van der Waals surface area contributed by atoms with E-state index >= 15 is 0 Å². The molecule has 0 radical (unpaired) electrons. The van der Waals surface area contributed by atoms with Gasteiger partial charge in [-0.2, -0.15) is 0 Å². The molecule has 1 saturated heterocycles. The smallest absolute Gasteiger partial charge is 0.265 e. The molecule has 1 amide bonds. The Labute approximate surface area is 254 Å². The highest BCUT2D eigenvalue weighted by molar-refractivity contribution is 7.91. The van der Waals surface area contributed by atoms with Crippen LogP contribution in [0.3, 0.4) is 0 Å². The fourth-order valence-corrected chi connectivity index (χ4v) is 7.51. The molecule has 10 heteroatoms. The van der Waals surface area contributed by atoms with Gasteiger partial charge in [-0.3, -0.25) is 10.1 Å². The Bertz CT molecular complexity index is 1480. The molecule has 0 spiro atoms. The van der Waals surface area contributed by atoms with Crippen LogP contribution in [0.1, 0.15) is 48.5 Å². The molecule has 1 fully saturated rings. The van der Waals surface area contributed by atoms with Crippen LogP contribution in [-0.4, -0.2) is 66.3 Å². The summed E-state index contributed by atoms with van der Waals surface area (Å²) in [5.41, 5.74) is 3.39. The molecule has 1 N–H and O–H groups in total. The van der Waals surface area contributed by atoms with Crippen LogP contribution in [0.2, 0.25) is 0 Å². The lowest BCUT2D eigenvalue weighted by atomic mass is 9.87. The summed E-state index contributed by atoms with van der Waals surface area (Å²) < 4.78 is 49.9. The molecule has 4 atom stereocenters. The molecule has 0 bridgehead atoms. The first-order chi connectivity index (χ1) is 20.8. The number of methoxy groups -OCH3 is 2. The number of carbonyl (C=O) groups excluding carboxylic acids is 1. The predicted molar refractivity (Wildman–Crippen MR) is 165 cm³/mol. The maximum atomic E-state index is 13.5.